The maximum Gasteiger partial charge on any atom is 0.0410 e. The van der Waals surface area contributed by atoms with Crippen LogP contribution in [0.25, 0.3) is 0 Å². The van der Waals surface area contributed by atoms with Gasteiger partial charge in [-0.2, -0.15) is 0 Å². The van der Waals surface area contributed by atoms with Crippen LogP contribution in [0.4, 0.5) is 5.69 Å². The lowest BCUT2D eigenvalue weighted by Gasteiger charge is -2.23. The Bertz CT molecular complexity index is 403. The van der Waals surface area contributed by atoms with Gasteiger partial charge in [-0.3, -0.25) is 0 Å². The molecule has 3 heteroatoms. The highest BCUT2D eigenvalue weighted by atomic mass is 79.9. The van der Waals surface area contributed by atoms with Crippen LogP contribution in [0.2, 0.25) is 0 Å². The van der Waals surface area contributed by atoms with Crippen LogP contribution in [0, 0.1) is 11.8 Å². The maximum atomic E-state index is 5.71. The number of rotatable bonds is 4. The van der Waals surface area contributed by atoms with Crippen molar-refractivity contribution in [1.82, 2.24) is 0 Å². The Morgan fingerprint density at radius 2 is 2.22 bits per heavy atom. The molecule has 0 bridgehead atoms. The van der Waals surface area contributed by atoms with E-state index in [0.29, 0.717) is 0 Å². The van der Waals surface area contributed by atoms with Gasteiger partial charge in [0.15, 0.2) is 0 Å². The van der Waals surface area contributed by atoms with E-state index in [0.717, 1.165) is 29.3 Å². The van der Waals surface area contributed by atoms with Gasteiger partial charge < -0.3 is 10.6 Å². The lowest BCUT2D eigenvalue weighted by molar-refractivity contribution is 0.422. The molecule has 2 rings (SSSR count). The average Bonchev–Trinajstić information content (AvgIpc) is 2.81. The Morgan fingerprint density at radius 3 is 2.83 bits per heavy atom. The van der Waals surface area contributed by atoms with Gasteiger partial charge in [-0.1, -0.05) is 35.8 Å². The second kappa shape index (κ2) is 6.07. The zero-order chi connectivity index (χ0) is 13.1. The number of halogens is 1. The van der Waals surface area contributed by atoms with Crippen molar-refractivity contribution in [1.29, 1.82) is 0 Å². The molecule has 0 spiro atoms. The molecular weight excluding hydrogens is 288 g/mol. The van der Waals surface area contributed by atoms with E-state index in [2.05, 4.69) is 52.9 Å². The molecule has 0 aromatic heterocycles. The van der Waals surface area contributed by atoms with Gasteiger partial charge in [-0.25, -0.2) is 0 Å². The number of hydrogen-bond acceptors (Lipinski definition) is 2. The zero-order valence-electron chi connectivity index (χ0n) is 11.3. The lowest BCUT2D eigenvalue weighted by Crippen LogP contribution is -2.23. The summed E-state index contributed by atoms with van der Waals surface area (Å²) < 4.78 is 1.16. The minimum Gasteiger partial charge on any atom is -0.371 e. The molecule has 1 atom stereocenters. The van der Waals surface area contributed by atoms with Crippen molar-refractivity contribution in [2.75, 3.05) is 24.5 Å². The summed E-state index contributed by atoms with van der Waals surface area (Å²) in [4.78, 5) is 2.53. The first-order valence-corrected chi connectivity index (χ1v) is 7.64. The topological polar surface area (TPSA) is 29.3 Å². The summed E-state index contributed by atoms with van der Waals surface area (Å²) in [6.07, 6.45) is 2.28. The normalized spacial score (nSPS) is 19.8. The molecule has 2 nitrogen and oxygen atoms in total. The average molecular weight is 311 g/mol. The van der Waals surface area contributed by atoms with Gasteiger partial charge >= 0.3 is 0 Å². The standard InChI is InChI=1S/C15H23BrN2/c1-11(2)13-6-8-18(10-13)15-9-14(16)4-3-12(15)5-7-17/h3-4,9,11,13H,5-8,10,17H2,1-2H3. The number of anilines is 1. The molecule has 0 amide bonds. The smallest absolute Gasteiger partial charge is 0.0410 e. The maximum absolute atomic E-state index is 5.71. The highest BCUT2D eigenvalue weighted by molar-refractivity contribution is 9.10. The molecule has 1 aromatic rings. The van der Waals surface area contributed by atoms with E-state index < -0.39 is 0 Å². The van der Waals surface area contributed by atoms with Crippen molar-refractivity contribution >= 4 is 21.6 Å². The molecule has 1 aliphatic rings. The number of nitrogens with two attached hydrogens (primary N) is 1. The minimum atomic E-state index is 0.718. The van der Waals surface area contributed by atoms with Crippen LogP contribution in [0.1, 0.15) is 25.8 Å². The minimum absolute atomic E-state index is 0.718. The SMILES string of the molecule is CC(C)C1CCN(c2cc(Br)ccc2CCN)C1. The molecule has 1 saturated heterocycles. The first-order chi connectivity index (χ1) is 8.61. The Kier molecular flexibility index (Phi) is 4.68. The van der Waals surface area contributed by atoms with Gasteiger partial charge in [-0.05, 0) is 48.9 Å². The fraction of sp³-hybridized carbons (Fsp3) is 0.600. The molecule has 100 valence electrons. The molecule has 1 fully saturated rings. The fourth-order valence-electron chi connectivity index (χ4n) is 2.75. The van der Waals surface area contributed by atoms with E-state index in [1.165, 1.54) is 30.8 Å². The molecule has 1 aromatic carbocycles. The third kappa shape index (κ3) is 3.07. The van der Waals surface area contributed by atoms with Gasteiger partial charge in [0.05, 0.1) is 0 Å². The predicted octanol–water partition coefficient (Wildman–Crippen LogP) is 3.43. The quantitative estimate of drug-likeness (QED) is 0.923. The number of nitrogens with zero attached hydrogens (tertiary/aromatic N) is 1. The molecule has 1 aliphatic heterocycles. The molecule has 0 radical (unpaired) electrons. The third-order valence-corrected chi connectivity index (χ3v) is 4.46. The molecule has 18 heavy (non-hydrogen) atoms. The first-order valence-electron chi connectivity index (χ1n) is 6.85. The Labute approximate surface area is 119 Å². The van der Waals surface area contributed by atoms with Gasteiger partial charge in [-0.15, -0.1) is 0 Å². The summed E-state index contributed by atoms with van der Waals surface area (Å²) in [5, 5.41) is 0. The summed E-state index contributed by atoms with van der Waals surface area (Å²) in [7, 11) is 0. The lowest BCUT2D eigenvalue weighted by atomic mass is 9.95. The van der Waals surface area contributed by atoms with Crippen molar-refractivity contribution in [3.05, 3.63) is 28.2 Å². The summed E-state index contributed by atoms with van der Waals surface area (Å²) in [5.74, 6) is 1.61. The third-order valence-electron chi connectivity index (χ3n) is 3.97. The van der Waals surface area contributed by atoms with Crippen molar-refractivity contribution < 1.29 is 0 Å². The largest absolute Gasteiger partial charge is 0.371 e. The number of hydrogen-bond donors (Lipinski definition) is 1. The fourth-order valence-corrected chi connectivity index (χ4v) is 3.10. The van der Waals surface area contributed by atoms with Crippen LogP contribution in [-0.2, 0) is 6.42 Å². The predicted molar refractivity (Wildman–Crippen MR) is 82.1 cm³/mol. The highest BCUT2D eigenvalue weighted by Crippen LogP contribution is 2.32. The Balaban J connectivity index is 2.19. The summed E-state index contributed by atoms with van der Waals surface area (Å²) in [6.45, 7) is 7.74. The summed E-state index contributed by atoms with van der Waals surface area (Å²) >= 11 is 3.58. The molecule has 0 saturated carbocycles. The van der Waals surface area contributed by atoms with Gasteiger partial charge in [0.25, 0.3) is 0 Å². The van der Waals surface area contributed by atoms with E-state index in [-0.39, 0.29) is 0 Å². The molecule has 1 heterocycles. The first kappa shape index (κ1) is 13.9. The second-order valence-electron chi connectivity index (χ2n) is 5.55. The molecule has 0 aliphatic carbocycles. The van der Waals surface area contributed by atoms with Crippen LogP contribution in [-0.4, -0.2) is 19.6 Å². The summed E-state index contributed by atoms with van der Waals surface area (Å²) in [5.41, 5.74) is 8.46. The summed E-state index contributed by atoms with van der Waals surface area (Å²) in [6, 6.07) is 6.56. The van der Waals surface area contributed by atoms with Crippen LogP contribution in [0.3, 0.4) is 0 Å². The molecule has 1 unspecified atom stereocenters. The van der Waals surface area contributed by atoms with E-state index in [9.17, 15) is 0 Å². The molecule has 2 N–H and O–H groups in total. The van der Waals surface area contributed by atoms with E-state index in [1.54, 1.807) is 0 Å². The van der Waals surface area contributed by atoms with Crippen molar-refractivity contribution in [3.8, 4) is 0 Å². The Morgan fingerprint density at radius 1 is 1.44 bits per heavy atom. The van der Waals surface area contributed by atoms with Crippen LogP contribution < -0.4 is 10.6 Å². The van der Waals surface area contributed by atoms with Crippen molar-refractivity contribution in [3.63, 3.8) is 0 Å². The van der Waals surface area contributed by atoms with Gasteiger partial charge in [0.2, 0.25) is 0 Å². The molecular formula is C15H23BrN2. The van der Waals surface area contributed by atoms with Crippen molar-refractivity contribution in [2.24, 2.45) is 17.6 Å². The van der Waals surface area contributed by atoms with Crippen LogP contribution in [0.15, 0.2) is 22.7 Å². The van der Waals surface area contributed by atoms with Gasteiger partial charge in [0.1, 0.15) is 0 Å². The zero-order valence-corrected chi connectivity index (χ0v) is 12.9. The second-order valence-corrected chi connectivity index (χ2v) is 6.47. The van der Waals surface area contributed by atoms with Gasteiger partial charge in [0, 0.05) is 23.2 Å². The van der Waals surface area contributed by atoms with E-state index >= 15 is 0 Å². The monoisotopic (exact) mass is 310 g/mol. The number of benzene rings is 1. The van der Waals surface area contributed by atoms with Crippen LogP contribution in [0.5, 0.6) is 0 Å². The van der Waals surface area contributed by atoms with Crippen LogP contribution >= 0.6 is 15.9 Å². The van der Waals surface area contributed by atoms with E-state index in [4.69, 9.17) is 5.73 Å². The Hall–Kier alpha value is -0.540. The van der Waals surface area contributed by atoms with E-state index in [1.807, 2.05) is 0 Å². The highest BCUT2D eigenvalue weighted by Gasteiger charge is 2.26. The van der Waals surface area contributed by atoms with Crippen molar-refractivity contribution in [2.45, 2.75) is 26.7 Å².